The molecule has 0 saturated heterocycles. The zero-order chi connectivity index (χ0) is 13.5. The fraction of sp³-hybridized carbons (Fsp3) is 0.250. The molecule has 1 aromatic heterocycles. The lowest BCUT2D eigenvalue weighted by atomic mass is 10.4. The lowest BCUT2D eigenvalue weighted by Crippen LogP contribution is -2.23. The zero-order valence-corrected chi connectivity index (χ0v) is 10.9. The second-order valence-electron chi connectivity index (χ2n) is 3.76. The van der Waals surface area contributed by atoms with Crippen LogP contribution in [0.25, 0.3) is 0 Å². The van der Waals surface area contributed by atoms with E-state index in [0.717, 1.165) is 4.90 Å². The Morgan fingerprint density at radius 1 is 1.37 bits per heavy atom. The van der Waals surface area contributed by atoms with Crippen molar-refractivity contribution in [2.75, 3.05) is 5.75 Å². The van der Waals surface area contributed by atoms with Crippen molar-refractivity contribution in [1.82, 2.24) is 20.5 Å². The minimum Gasteiger partial charge on any atom is -0.349 e. The van der Waals surface area contributed by atoms with Crippen molar-refractivity contribution in [3.8, 4) is 0 Å². The number of hydrogen-bond acceptors (Lipinski definition) is 4. The van der Waals surface area contributed by atoms with Crippen LogP contribution in [-0.4, -0.2) is 26.8 Å². The first kappa shape index (κ1) is 13.5. The monoisotopic (exact) mass is 280 g/mol. The minimum atomic E-state index is -0.255. The van der Waals surface area contributed by atoms with Gasteiger partial charge in [-0.3, -0.25) is 9.89 Å². The molecule has 0 bridgehead atoms. The summed E-state index contributed by atoms with van der Waals surface area (Å²) in [5.41, 5.74) is 0. The van der Waals surface area contributed by atoms with Crippen molar-refractivity contribution in [3.63, 3.8) is 0 Å². The highest BCUT2D eigenvalue weighted by Gasteiger charge is 2.03. The highest BCUT2D eigenvalue weighted by atomic mass is 32.2. The normalized spacial score (nSPS) is 10.4. The van der Waals surface area contributed by atoms with Crippen LogP contribution in [0.3, 0.4) is 0 Å². The van der Waals surface area contributed by atoms with Crippen LogP contribution in [0.4, 0.5) is 4.39 Å². The number of amides is 1. The van der Waals surface area contributed by atoms with Crippen LogP contribution >= 0.6 is 11.8 Å². The Labute approximate surface area is 114 Å². The van der Waals surface area contributed by atoms with Gasteiger partial charge in [0.2, 0.25) is 5.91 Å². The molecule has 0 radical (unpaired) electrons. The quantitative estimate of drug-likeness (QED) is 0.791. The average molecular weight is 280 g/mol. The number of carbonyl (C=O) groups excluding carboxylic acids is 1. The Morgan fingerprint density at radius 2 is 2.16 bits per heavy atom. The molecule has 2 aromatic rings. The molecule has 0 aliphatic heterocycles. The summed E-state index contributed by atoms with van der Waals surface area (Å²) in [5, 5.41) is 9.08. The summed E-state index contributed by atoms with van der Waals surface area (Å²) in [5.74, 6) is 0.966. The number of hydrogen-bond donors (Lipinski definition) is 2. The molecular formula is C12H13FN4OS. The molecule has 1 aromatic carbocycles. The van der Waals surface area contributed by atoms with Crippen LogP contribution in [0.2, 0.25) is 0 Å². The van der Waals surface area contributed by atoms with E-state index in [1.807, 2.05) is 0 Å². The molecule has 2 N–H and O–H groups in total. The smallest absolute Gasteiger partial charge is 0.221 e. The molecule has 0 spiro atoms. The van der Waals surface area contributed by atoms with E-state index in [2.05, 4.69) is 20.5 Å². The molecule has 19 heavy (non-hydrogen) atoms. The molecule has 0 aliphatic carbocycles. The maximum absolute atomic E-state index is 12.7. The fourth-order valence-corrected chi connectivity index (χ4v) is 2.23. The Bertz CT molecular complexity index is 515. The number of halogens is 1. The molecule has 0 aliphatic rings. The van der Waals surface area contributed by atoms with Crippen molar-refractivity contribution >= 4 is 17.7 Å². The Kier molecular flexibility index (Phi) is 4.91. The van der Waals surface area contributed by atoms with E-state index in [0.29, 0.717) is 24.5 Å². The Hall–Kier alpha value is -1.89. The van der Waals surface area contributed by atoms with Gasteiger partial charge in [-0.15, -0.1) is 11.8 Å². The number of thioether (sulfide) groups is 1. The number of nitrogens with one attached hydrogen (secondary N) is 2. The summed E-state index contributed by atoms with van der Waals surface area (Å²) in [4.78, 5) is 16.4. The summed E-state index contributed by atoms with van der Waals surface area (Å²) in [7, 11) is 0. The first-order chi connectivity index (χ1) is 9.24. The second-order valence-corrected chi connectivity index (χ2v) is 4.93. The molecule has 1 heterocycles. The van der Waals surface area contributed by atoms with Gasteiger partial charge in [0, 0.05) is 17.1 Å². The van der Waals surface area contributed by atoms with E-state index >= 15 is 0 Å². The number of rotatable bonds is 6. The molecule has 2 rings (SSSR count). The van der Waals surface area contributed by atoms with Gasteiger partial charge in [0.25, 0.3) is 0 Å². The molecule has 1 amide bonds. The largest absolute Gasteiger partial charge is 0.349 e. The number of carbonyl (C=O) groups is 1. The molecule has 0 unspecified atom stereocenters. The fourth-order valence-electron chi connectivity index (χ4n) is 1.38. The number of benzene rings is 1. The maximum atomic E-state index is 12.7. The number of H-pyrrole nitrogens is 1. The van der Waals surface area contributed by atoms with Crippen LogP contribution < -0.4 is 5.32 Å². The van der Waals surface area contributed by atoms with Crippen molar-refractivity contribution in [1.29, 1.82) is 0 Å². The third kappa shape index (κ3) is 4.70. The summed E-state index contributed by atoms with van der Waals surface area (Å²) in [6.45, 7) is 0.347. The summed E-state index contributed by atoms with van der Waals surface area (Å²) in [6.07, 6.45) is 1.79. The van der Waals surface area contributed by atoms with Crippen LogP contribution in [0.5, 0.6) is 0 Å². The van der Waals surface area contributed by atoms with Crippen LogP contribution in [0, 0.1) is 5.82 Å². The third-order valence-corrected chi connectivity index (χ3v) is 3.34. The van der Waals surface area contributed by atoms with E-state index in [1.54, 1.807) is 12.1 Å². The van der Waals surface area contributed by atoms with Crippen molar-refractivity contribution in [2.24, 2.45) is 0 Å². The summed E-state index contributed by atoms with van der Waals surface area (Å²) >= 11 is 1.52. The van der Waals surface area contributed by atoms with Gasteiger partial charge in [-0.05, 0) is 24.3 Å². The SMILES string of the molecule is O=C(CCSc1ccc(F)cc1)NCc1ncn[nH]1. The lowest BCUT2D eigenvalue weighted by Gasteiger charge is -2.03. The van der Waals surface area contributed by atoms with Gasteiger partial charge in [-0.1, -0.05) is 0 Å². The highest BCUT2D eigenvalue weighted by Crippen LogP contribution is 2.18. The molecule has 0 saturated carbocycles. The van der Waals surface area contributed by atoms with Crippen molar-refractivity contribution < 1.29 is 9.18 Å². The predicted molar refractivity (Wildman–Crippen MR) is 70.0 cm³/mol. The topological polar surface area (TPSA) is 70.7 Å². The third-order valence-electron chi connectivity index (χ3n) is 2.33. The van der Waals surface area contributed by atoms with Crippen LogP contribution in [-0.2, 0) is 11.3 Å². The first-order valence-electron chi connectivity index (χ1n) is 5.73. The summed E-state index contributed by atoms with van der Waals surface area (Å²) in [6, 6.07) is 6.22. The molecule has 7 heteroatoms. The first-order valence-corrected chi connectivity index (χ1v) is 6.72. The molecule has 0 fully saturated rings. The van der Waals surface area contributed by atoms with Gasteiger partial charge in [0.15, 0.2) is 0 Å². The lowest BCUT2D eigenvalue weighted by molar-refractivity contribution is -0.120. The standard InChI is InChI=1S/C12H13FN4OS/c13-9-1-3-10(4-2-9)19-6-5-12(18)14-7-11-15-8-16-17-11/h1-4,8H,5-7H2,(H,14,18)(H,15,16,17). The molecule has 5 nitrogen and oxygen atoms in total. The van der Waals surface area contributed by atoms with Gasteiger partial charge >= 0.3 is 0 Å². The Morgan fingerprint density at radius 3 is 2.84 bits per heavy atom. The summed E-state index contributed by atoms with van der Waals surface area (Å²) < 4.78 is 12.7. The molecule has 100 valence electrons. The van der Waals surface area contributed by atoms with Crippen molar-refractivity contribution in [2.45, 2.75) is 17.9 Å². The van der Waals surface area contributed by atoms with Gasteiger partial charge in [0.05, 0.1) is 6.54 Å². The van der Waals surface area contributed by atoms with E-state index in [4.69, 9.17) is 0 Å². The Balaban J connectivity index is 1.65. The van der Waals surface area contributed by atoms with Gasteiger partial charge in [0.1, 0.15) is 18.0 Å². The zero-order valence-electron chi connectivity index (χ0n) is 10.1. The second kappa shape index (κ2) is 6.89. The van der Waals surface area contributed by atoms with E-state index in [-0.39, 0.29) is 11.7 Å². The average Bonchev–Trinajstić information content (AvgIpc) is 2.92. The minimum absolute atomic E-state index is 0.0500. The van der Waals surface area contributed by atoms with Crippen LogP contribution in [0.15, 0.2) is 35.5 Å². The van der Waals surface area contributed by atoms with Gasteiger partial charge < -0.3 is 5.32 Å². The predicted octanol–water partition coefficient (Wildman–Crippen LogP) is 1.74. The van der Waals surface area contributed by atoms with Gasteiger partial charge in [-0.25, -0.2) is 9.37 Å². The van der Waals surface area contributed by atoms with Gasteiger partial charge in [-0.2, -0.15) is 5.10 Å². The molecular weight excluding hydrogens is 267 g/mol. The number of aromatic amines is 1. The molecule has 0 atom stereocenters. The number of nitrogens with zero attached hydrogens (tertiary/aromatic N) is 2. The van der Waals surface area contributed by atoms with E-state index in [9.17, 15) is 9.18 Å². The van der Waals surface area contributed by atoms with Crippen LogP contribution in [0.1, 0.15) is 12.2 Å². The number of aromatic nitrogens is 3. The highest BCUT2D eigenvalue weighted by molar-refractivity contribution is 7.99. The van der Waals surface area contributed by atoms with E-state index < -0.39 is 0 Å². The van der Waals surface area contributed by atoms with Crippen molar-refractivity contribution in [3.05, 3.63) is 42.2 Å². The van der Waals surface area contributed by atoms with E-state index in [1.165, 1.54) is 30.2 Å². The maximum Gasteiger partial charge on any atom is 0.221 e.